The molecule has 0 aromatic heterocycles. The molecule has 0 amide bonds. The van der Waals surface area contributed by atoms with Gasteiger partial charge in [-0.25, -0.2) is 0 Å². The molecule has 0 saturated heterocycles. The minimum absolute atomic E-state index is 0. The van der Waals surface area contributed by atoms with E-state index in [0.717, 1.165) is 0 Å². The predicted octanol–water partition coefficient (Wildman–Crippen LogP) is -0.834. The number of rotatable bonds is 0. The van der Waals surface area contributed by atoms with Crippen molar-refractivity contribution in [2.75, 3.05) is 0 Å². The van der Waals surface area contributed by atoms with Crippen LogP contribution in [0.3, 0.4) is 0 Å². The van der Waals surface area contributed by atoms with E-state index >= 15 is 0 Å². The fraction of sp³-hybridized carbons (Fsp3) is 0. The molecule has 4 N–H and O–H groups in total. The maximum absolute atomic E-state index is 8.36. The van der Waals surface area contributed by atoms with Crippen molar-refractivity contribution in [2.24, 2.45) is 0 Å². The third kappa shape index (κ3) is 63.0. The van der Waals surface area contributed by atoms with E-state index in [2.05, 4.69) is 0 Å². The summed E-state index contributed by atoms with van der Waals surface area (Å²) in [5.74, 6) is 0. The first-order valence-corrected chi connectivity index (χ1v) is 0.565. The van der Waals surface area contributed by atoms with Gasteiger partial charge in [-0.05, 0) is 0 Å². The second-order valence-corrected chi connectivity index (χ2v) is 0.238. The first kappa shape index (κ1) is 15.7. The van der Waals surface area contributed by atoms with E-state index in [-0.39, 0.29) is 75.0 Å². The molecule has 0 rings (SSSR count). The molecule has 0 aromatic rings. The summed E-state index contributed by atoms with van der Waals surface area (Å²) in [7, 11) is 0. The summed E-state index contributed by atoms with van der Waals surface area (Å²) >= 11 is 0. The molecule has 0 unspecified atom stereocenters. The molecular formula is H5CsN2O3. The number of hydrogen-bond acceptors (Lipinski definition) is 3. The van der Waals surface area contributed by atoms with Gasteiger partial charge in [0, 0.05) is 0 Å². The molecule has 34 valence electrons. The Morgan fingerprint density at radius 3 is 1.67 bits per heavy atom. The fourth-order valence-corrected chi connectivity index (χ4v) is 0. The Morgan fingerprint density at radius 2 is 1.67 bits per heavy atom. The third-order valence-corrected chi connectivity index (χ3v) is 0. The zero-order chi connectivity index (χ0) is 3.58. The molecule has 0 saturated carbocycles. The Hall–Kier alpha value is 1.21. The van der Waals surface area contributed by atoms with E-state index < -0.39 is 5.09 Å². The summed E-state index contributed by atoms with van der Waals surface area (Å²) in [6.07, 6.45) is 0. The van der Waals surface area contributed by atoms with Crippen molar-refractivity contribution >= 4 is 68.9 Å². The molecule has 0 radical (unpaired) electrons. The normalized spacial score (nSPS) is 4.00. The van der Waals surface area contributed by atoms with E-state index in [1.165, 1.54) is 0 Å². The van der Waals surface area contributed by atoms with Gasteiger partial charge < -0.3 is 11.4 Å². The van der Waals surface area contributed by atoms with Crippen molar-refractivity contribution in [2.45, 2.75) is 0 Å². The maximum atomic E-state index is 8.36. The molecule has 0 fully saturated rings. The van der Waals surface area contributed by atoms with Crippen molar-refractivity contribution in [3.63, 3.8) is 0 Å². The molecular weight excluding hydrogens is 209 g/mol. The van der Waals surface area contributed by atoms with Gasteiger partial charge in [-0.3, -0.25) is 0 Å². The summed E-state index contributed by atoms with van der Waals surface area (Å²) in [5, 5.41) is 13.6. The van der Waals surface area contributed by atoms with Gasteiger partial charge >= 0.3 is 68.9 Å². The Labute approximate surface area is 93.2 Å². The molecule has 0 atom stereocenters. The van der Waals surface area contributed by atoms with Gasteiger partial charge in [-0.15, -0.1) is 10.1 Å². The molecule has 0 aliphatic carbocycles. The van der Waals surface area contributed by atoms with E-state index in [9.17, 15) is 0 Å². The number of nitrogens with zero attached hydrogens (tertiary/aromatic N) is 1. The van der Waals surface area contributed by atoms with E-state index in [1.807, 2.05) is 0 Å². The number of hydrogen-bond donors (Lipinski definition) is 2. The molecule has 6 heavy (non-hydrogen) atoms. The molecule has 0 spiro atoms. The summed E-state index contributed by atoms with van der Waals surface area (Å²) in [6, 6.07) is 0. The van der Waals surface area contributed by atoms with E-state index in [1.54, 1.807) is 0 Å². The first-order chi connectivity index (χ1) is 1.73. The van der Waals surface area contributed by atoms with Crippen molar-refractivity contribution in [1.82, 2.24) is 6.15 Å². The van der Waals surface area contributed by atoms with Gasteiger partial charge in [0.05, 0.1) is 0 Å². The molecule has 5 nitrogen and oxygen atoms in total. The van der Waals surface area contributed by atoms with Crippen molar-refractivity contribution in [1.29, 1.82) is 0 Å². The van der Waals surface area contributed by atoms with Crippen LogP contribution in [0.25, 0.3) is 0 Å². The molecule has 0 aromatic carbocycles. The average molecular weight is 214 g/mol. The Morgan fingerprint density at radius 1 is 1.67 bits per heavy atom. The van der Waals surface area contributed by atoms with Gasteiger partial charge in [0.15, 0.2) is 0 Å². The summed E-state index contributed by atoms with van der Waals surface area (Å²) in [5.41, 5.74) is 0. The van der Waals surface area contributed by atoms with Crippen LogP contribution in [0, 0.1) is 10.1 Å². The quantitative estimate of drug-likeness (QED) is 0.405. The molecule has 6 heteroatoms. The Kier molecular flexibility index (Phi) is 24.9. The van der Waals surface area contributed by atoms with E-state index in [0.29, 0.717) is 0 Å². The van der Waals surface area contributed by atoms with Gasteiger partial charge in [-0.2, -0.15) is 0 Å². The average Bonchev–Trinajstić information content (AvgIpc) is 0.811. The summed E-state index contributed by atoms with van der Waals surface area (Å²) < 4.78 is 0. The van der Waals surface area contributed by atoms with Crippen LogP contribution in [0.15, 0.2) is 0 Å². The third-order valence-electron chi connectivity index (χ3n) is 0. The van der Waals surface area contributed by atoms with Crippen molar-refractivity contribution < 1.29 is 10.3 Å². The molecule has 0 bridgehead atoms. The second kappa shape index (κ2) is 9.51. The Bertz CT molecular complexity index is 31.8. The van der Waals surface area contributed by atoms with Crippen molar-refractivity contribution in [3.8, 4) is 0 Å². The van der Waals surface area contributed by atoms with Crippen LogP contribution < -0.4 is 6.15 Å². The van der Waals surface area contributed by atoms with Gasteiger partial charge in [-0.1, -0.05) is 0 Å². The van der Waals surface area contributed by atoms with Crippen LogP contribution in [0.2, 0.25) is 0 Å². The standard InChI is InChI=1S/Cs.HNO3.H3N.H/c;2-1(3)4;;/h;(H,2,3,4);1H3;. The Balaban J connectivity index is -0.0000000450. The van der Waals surface area contributed by atoms with Crippen molar-refractivity contribution in [3.05, 3.63) is 10.1 Å². The SMILES string of the molecule is N.O=[N+]([O-])O.[CsH]. The zero-order valence-electron chi connectivity index (χ0n) is 2.42. The molecule has 0 heterocycles. The molecule has 0 aliphatic heterocycles. The first-order valence-electron chi connectivity index (χ1n) is 0.565. The van der Waals surface area contributed by atoms with Gasteiger partial charge in [0.2, 0.25) is 0 Å². The van der Waals surface area contributed by atoms with Gasteiger partial charge in [0.25, 0.3) is 5.09 Å². The van der Waals surface area contributed by atoms with Crippen LogP contribution in [0.1, 0.15) is 0 Å². The van der Waals surface area contributed by atoms with E-state index in [4.69, 9.17) is 15.3 Å². The summed E-state index contributed by atoms with van der Waals surface area (Å²) in [6.45, 7) is 0. The zero-order valence-corrected chi connectivity index (χ0v) is 2.42. The predicted molar refractivity (Wildman–Crippen MR) is 21.0 cm³/mol. The minimum atomic E-state index is -1.50. The summed E-state index contributed by atoms with van der Waals surface area (Å²) in [4.78, 5) is 8.36. The fourth-order valence-electron chi connectivity index (χ4n) is 0. The molecule has 0 aliphatic rings. The monoisotopic (exact) mass is 214 g/mol. The van der Waals surface area contributed by atoms with Crippen LogP contribution in [0.4, 0.5) is 0 Å². The second-order valence-electron chi connectivity index (χ2n) is 0.238. The van der Waals surface area contributed by atoms with Crippen LogP contribution >= 0.6 is 0 Å². The van der Waals surface area contributed by atoms with Gasteiger partial charge in [0.1, 0.15) is 0 Å². The van der Waals surface area contributed by atoms with Crippen LogP contribution in [-0.4, -0.2) is 79.2 Å². The topological polar surface area (TPSA) is 98.4 Å². The van der Waals surface area contributed by atoms with Crippen LogP contribution in [-0.2, 0) is 0 Å². The van der Waals surface area contributed by atoms with Crippen LogP contribution in [0.5, 0.6) is 0 Å².